The van der Waals surface area contributed by atoms with Crippen LogP contribution in [-0.4, -0.2) is 48.9 Å². The molecule has 3 N–H and O–H groups in total. The first-order chi connectivity index (χ1) is 11.8. The Kier molecular flexibility index (Phi) is 6.70. The van der Waals surface area contributed by atoms with Gasteiger partial charge in [0.15, 0.2) is 11.8 Å². The van der Waals surface area contributed by atoms with Gasteiger partial charge < -0.3 is 16.0 Å². The zero-order valence-corrected chi connectivity index (χ0v) is 15.0. The van der Waals surface area contributed by atoms with Crippen molar-refractivity contribution in [3.8, 4) is 0 Å². The highest BCUT2D eigenvalue weighted by atomic mass is 15.3. The van der Waals surface area contributed by atoms with E-state index in [1.807, 2.05) is 0 Å². The second-order valence-electron chi connectivity index (χ2n) is 7.35. The normalized spacial score (nSPS) is 25.0. The second kappa shape index (κ2) is 9.21. The molecule has 24 heavy (non-hydrogen) atoms. The summed E-state index contributed by atoms with van der Waals surface area (Å²) in [5.74, 6) is 1.52. The molecule has 3 rings (SSSR count). The van der Waals surface area contributed by atoms with Gasteiger partial charge in [-0.3, -0.25) is 4.99 Å². The number of nitrogens with zero attached hydrogens (tertiary/aromatic N) is 3. The Morgan fingerprint density at radius 2 is 1.67 bits per heavy atom. The van der Waals surface area contributed by atoms with Crippen molar-refractivity contribution in [2.45, 2.75) is 70.3 Å². The van der Waals surface area contributed by atoms with Crippen LogP contribution in [-0.2, 0) is 0 Å². The highest BCUT2D eigenvalue weighted by Gasteiger charge is 2.16. The lowest BCUT2D eigenvalue weighted by atomic mass is 9.94. The van der Waals surface area contributed by atoms with E-state index in [2.05, 4.69) is 16.3 Å². The maximum absolute atomic E-state index is 6.31. The minimum atomic E-state index is 0.389. The van der Waals surface area contributed by atoms with Gasteiger partial charge in [-0.15, -0.1) is 0 Å². The smallest absolute Gasteiger partial charge is 0.197 e. The molecule has 1 saturated carbocycles. The highest BCUT2D eigenvalue weighted by Crippen LogP contribution is 2.23. The van der Waals surface area contributed by atoms with Crippen LogP contribution in [0.1, 0.15) is 64.2 Å². The molecular weight excluding hydrogens is 298 g/mol. The molecule has 0 aromatic rings. The molecule has 1 aliphatic carbocycles. The van der Waals surface area contributed by atoms with E-state index in [-0.39, 0.29) is 0 Å². The van der Waals surface area contributed by atoms with Crippen LogP contribution < -0.4 is 11.1 Å². The molecular formula is C19H33N5. The predicted molar refractivity (Wildman–Crippen MR) is 102 cm³/mol. The van der Waals surface area contributed by atoms with Crippen LogP contribution >= 0.6 is 0 Å². The van der Waals surface area contributed by atoms with Gasteiger partial charge in [-0.2, -0.15) is 4.99 Å². The summed E-state index contributed by atoms with van der Waals surface area (Å²) in [5.41, 5.74) is 7.82. The topological polar surface area (TPSA) is 66.0 Å². The van der Waals surface area contributed by atoms with Crippen LogP contribution in [0.4, 0.5) is 0 Å². The van der Waals surface area contributed by atoms with E-state index in [4.69, 9.17) is 15.7 Å². The van der Waals surface area contributed by atoms with Crippen molar-refractivity contribution in [3.63, 3.8) is 0 Å². The number of aliphatic imine (C=N–C) groups is 2. The van der Waals surface area contributed by atoms with Gasteiger partial charge in [0.25, 0.3) is 0 Å². The maximum atomic E-state index is 6.31. The van der Waals surface area contributed by atoms with E-state index in [1.54, 1.807) is 0 Å². The van der Waals surface area contributed by atoms with E-state index in [0.717, 1.165) is 44.9 Å². The van der Waals surface area contributed by atoms with E-state index < -0.39 is 0 Å². The molecule has 0 amide bonds. The third-order valence-electron chi connectivity index (χ3n) is 5.36. The fraction of sp³-hybridized carbons (Fsp3) is 0.789. The third-order valence-corrected chi connectivity index (χ3v) is 5.36. The summed E-state index contributed by atoms with van der Waals surface area (Å²) >= 11 is 0. The molecule has 2 aliphatic heterocycles. The van der Waals surface area contributed by atoms with Gasteiger partial charge in [0, 0.05) is 13.1 Å². The Morgan fingerprint density at radius 1 is 1.00 bits per heavy atom. The van der Waals surface area contributed by atoms with Gasteiger partial charge >= 0.3 is 0 Å². The number of hydrogen-bond acceptors (Lipinski definition) is 2. The molecule has 2 heterocycles. The first-order valence-electron chi connectivity index (χ1n) is 9.88. The van der Waals surface area contributed by atoms with Crippen molar-refractivity contribution >= 4 is 11.8 Å². The standard InChI is InChI=1S/C19H33N5/c20-19(24-13-5-2-6-14-24)23-18(15-16-7-3-1-4-8-16)22-17-9-11-21-12-10-17/h15,17,21H,1-14H2,(H2,20,22,23). The van der Waals surface area contributed by atoms with Crippen molar-refractivity contribution < 1.29 is 0 Å². The van der Waals surface area contributed by atoms with E-state index in [9.17, 15) is 0 Å². The molecule has 134 valence electrons. The average Bonchev–Trinajstić information content (AvgIpc) is 2.64. The van der Waals surface area contributed by atoms with Crippen LogP contribution in [0.2, 0.25) is 0 Å². The van der Waals surface area contributed by atoms with Crippen LogP contribution in [0.25, 0.3) is 0 Å². The molecule has 5 heteroatoms. The molecule has 0 radical (unpaired) electrons. The molecule has 2 saturated heterocycles. The Morgan fingerprint density at radius 3 is 2.38 bits per heavy atom. The summed E-state index contributed by atoms with van der Waals surface area (Å²) in [5, 5.41) is 3.41. The first kappa shape index (κ1) is 17.5. The van der Waals surface area contributed by atoms with Crippen LogP contribution in [0, 0.1) is 0 Å². The summed E-state index contributed by atoms with van der Waals surface area (Å²) in [6.07, 6.45) is 14.6. The Balaban J connectivity index is 1.76. The van der Waals surface area contributed by atoms with E-state index >= 15 is 0 Å². The SMILES string of the molecule is NC(=NC(C=C1CCCCC1)=NC1CCNCC1)N1CCCCC1. The molecule has 5 nitrogen and oxygen atoms in total. The number of rotatable bonds is 2. The lowest BCUT2D eigenvalue weighted by molar-refractivity contribution is 0.339. The Bertz CT molecular complexity index is 474. The number of piperidine rings is 2. The quantitative estimate of drug-likeness (QED) is 0.604. The first-order valence-corrected chi connectivity index (χ1v) is 9.88. The van der Waals surface area contributed by atoms with Crippen molar-refractivity contribution in [1.29, 1.82) is 0 Å². The van der Waals surface area contributed by atoms with E-state index in [0.29, 0.717) is 12.0 Å². The third kappa shape index (κ3) is 5.33. The number of amidine groups is 1. The highest BCUT2D eigenvalue weighted by molar-refractivity contribution is 6.02. The monoisotopic (exact) mass is 331 g/mol. The molecule has 0 aromatic carbocycles. The number of hydrogen-bond donors (Lipinski definition) is 2. The number of nitrogens with one attached hydrogen (secondary N) is 1. The summed E-state index contributed by atoms with van der Waals surface area (Å²) in [4.78, 5) is 12.0. The summed E-state index contributed by atoms with van der Waals surface area (Å²) in [6.45, 7) is 4.19. The molecule has 0 bridgehead atoms. The van der Waals surface area contributed by atoms with Crippen molar-refractivity contribution in [2.24, 2.45) is 15.7 Å². The van der Waals surface area contributed by atoms with Crippen molar-refractivity contribution in [1.82, 2.24) is 10.2 Å². The molecule has 0 spiro atoms. The Labute approximate surface area is 146 Å². The fourth-order valence-corrected chi connectivity index (χ4v) is 3.87. The Hall–Kier alpha value is -1.36. The number of guanidine groups is 1. The molecule has 0 atom stereocenters. The molecule has 0 unspecified atom stereocenters. The van der Waals surface area contributed by atoms with Gasteiger partial charge in [0.05, 0.1) is 6.04 Å². The van der Waals surface area contributed by atoms with Crippen LogP contribution in [0.3, 0.4) is 0 Å². The lowest BCUT2D eigenvalue weighted by Gasteiger charge is -2.27. The van der Waals surface area contributed by atoms with Crippen molar-refractivity contribution in [3.05, 3.63) is 11.6 Å². The zero-order valence-electron chi connectivity index (χ0n) is 15.0. The maximum Gasteiger partial charge on any atom is 0.197 e. The average molecular weight is 332 g/mol. The zero-order chi connectivity index (χ0) is 16.6. The van der Waals surface area contributed by atoms with Gasteiger partial charge in [-0.25, -0.2) is 0 Å². The summed E-state index contributed by atoms with van der Waals surface area (Å²) in [7, 11) is 0. The van der Waals surface area contributed by atoms with Crippen LogP contribution in [0.5, 0.6) is 0 Å². The molecule has 3 fully saturated rings. The summed E-state index contributed by atoms with van der Waals surface area (Å²) < 4.78 is 0. The fourth-order valence-electron chi connectivity index (χ4n) is 3.87. The van der Waals surface area contributed by atoms with Gasteiger partial charge in [0.1, 0.15) is 0 Å². The number of nitrogens with two attached hydrogens (primary N) is 1. The van der Waals surface area contributed by atoms with Crippen molar-refractivity contribution in [2.75, 3.05) is 26.2 Å². The second-order valence-corrected chi connectivity index (χ2v) is 7.35. The van der Waals surface area contributed by atoms with E-state index in [1.165, 1.54) is 56.9 Å². The van der Waals surface area contributed by atoms with Gasteiger partial charge in [-0.1, -0.05) is 12.0 Å². The van der Waals surface area contributed by atoms with Crippen LogP contribution in [0.15, 0.2) is 21.6 Å². The largest absolute Gasteiger partial charge is 0.369 e. The molecule has 0 aromatic heterocycles. The van der Waals surface area contributed by atoms with Gasteiger partial charge in [0.2, 0.25) is 0 Å². The minimum Gasteiger partial charge on any atom is -0.369 e. The predicted octanol–water partition coefficient (Wildman–Crippen LogP) is 2.83. The van der Waals surface area contributed by atoms with Gasteiger partial charge in [-0.05, 0) is 77.0 Å². The lowest BCUT2D eigenvalue weighted by Crippen LogP contribution is -2.41. The number of allylic oxidation sites excluding steroid dienone is 1. The minimum absolute atomic E-state index is 0.389. The summed E-state index contributed by atoms with van der Waals surface area (Å²) in [6, 6.07) is 0.389. The number of likely N-dealkylation sites (tertiary alicyclic amines) is 1. The molecule has 3 aliphatic rings.